The third-order valence-electron chi connectivity index (χ3n) is 3.54. The summed E-state index contributed by atoms with van der Waals surface area (Å²) in [7, 11) is 1.43. The summed E-state index contributed by atoms with van der Waals surface area (Å²) in [5, 5.41) is 0. The highest BCUT2D eigenvalue weighted by Gasteiger charge is 2.34. The molecule has 1 atom stereocenters. The minimum atomic E-state index is -0.613. The lowest BCUT2D eigenvalue weighted by Crippen LogP contribution is -2.33. The van der Waals surface area contributed by atoms with Crippen molar-refractivity contribution in [2.75, 3.05) is 29.9 Å². The molecule has 1 fully saturated rings. The molecule has 2 N–H and O–H groups in total. The average molecular weight is 295 g/mol. The molecule has 1 aromatic rings. The van der Waals surface area contributed by atoms with E-state index >= 15 is 0 Å². The van der Waals surface area contributed by atoms with Crippen LogP contribution in [0.5, 0.6) is 0 Å². The molecule has 21 heavy (non-hydrogen) atoms. The molecule has 2 aliphatic rings. The fourth-order valence-electron chi connectivity index (χ4n) is 2.46. The van der Waals surface area contributed by atoms with Gasteiger partial charge in [0.1, 0.15) is 18.5 Å². The molecular weight excluding hydrogens is 281 g/mol. The van der Waals surface area contributed by atoms with E-state index in [1.54, 1.807) is 6.07 Å². The Kier molecular flexibility index (Phi) is 3.17. The monoisotopic (exact) mass is 295 g/mol. The van der Waals surface area contributed by atoms with E-state index in [0.29, 0.717) is 11.3 Å². The van der Waals surface area contributed by atoms with Gasteiger partial charge < -0.3 is 15.2 Å². The van der Waals surface area contributed by atoms with E-state index in [1.165, 1.54) is 18.0 Å². The maximum atomic E-state index is 14.3. The van der Waals surface area contributed by atoms with Gasteiger partial charge in [0.2, 0.25) is 0 Å². The standard InChI is InChI=1S/C13H14FN3O4/c1-16-11-7(6-20-12(16)18)2-8(3-10(11)14)17-5-9(4-15)21-13(17)19/h2-3,9H,4-6,15H2,1H3/t9-/m0/s1. The van der Waals surface area contributed by atoms with E-state index in [1.807, 2.05) is 0 Å². The van der Waals surface area contributed by atoms with Crippen LogP contribution < -0.4 is 15.5 Å². The van der Waals surface area contributed by atoms with Gasteiger partial charge in [-0.2, -0.15) is 0 Å². The van der Waals surface area contributed by atoms with Gasteiger partial charge in [-0.15, -0.1) is 0 Å². The topological polar surface area (TPSA) is 85.1 Å². The summed E-state index contributed by atoms with van der Waals surface area (Å²) in [5.74, 6) is -0.592. The first-order valence-corrected chi connectivity index (χ1v) is 6.42. The van der Waals surface area contributed by atoms with Crippen LogP contribution in [0.15, 0.2) is 12.1 Å². The number of carbonyl (C=O) groups excluding carboxylic acids is 2. The zero-order chi connectivity index (χ0) is 15.1. The molecule has 0 bridgehead atoms. The second-order valence-electron chi connectivity index (χ2n) is 4.90. The number of anilines is 2. The van der Waals surface area contributed by atoms with Gasteiger partial charge in [-0.05, 0) is 12.1 Å². The molecule has 7 nitrogen and oxygen atoms in total. The van der Waals surface area contributed by atoms with Crippen LogP contribution in [0, 0.1) is 5.82 Å². The number of hydrogen-bond donors (Lipinski definition) is 1. The summed E-state index contributed by atoms with van der Waals surface area (Å²) < 4.78 is 24.2. The smallest absolute Gasteiger partial charge is 0.414 e. The second kappa shape index (κ2) is 4.88. The predicted molar refractivity (Wildman–Crippen MR) is 71.7 cm³/mol. The number of nitrogens with zero attached hydrogens (tertiary/aromatic N) is 2. The Bertz CT molecular complexity index is 622. The van der Waals surface area contributed by atoms with E-state index < -0.39 is 24.1 Å². The Morgan fingerprint density at radius 2 is 2.14 bits per heavy atom. The maximum absolute atomic E-state index is 14.3. The van der Waals surface area contributed by atoms with Crippen LogP contribution in [0.4, 0.5) is 25.4 Å². The molecule has 2 heterocycles. The van der Waals surface area contributed by atoms with Crippen molar-refractivity contribution in [3.8, 4) is 0 Å². The van der Waals surface area contributed by atoms with Gasteiger partial charge in [0.25, 0.3) is 0 Å². The van der Waals surface area contributed by atoms with E-state index in [9.17, 15) is 14.0 Å². The van der Waals surface area contributed by atoms with Crippen LogP contribution in [0.3, 0.4) is 0 Å². The molecule has 112 valence electrons. The Balaban J connectivity index is 1.98. The number of benzene rings is 1. The van der Waals surface area contributed by atoms with Crippen molar-refractivity contribution in [1.29, 1.82) is 0 Å². The fraction of sp³-hybridized carbons (Fsp3) is 0.385. The normalized spacial score (nSPS) is 21.2. The lowest BCUT2D eigenvalue weighted by molar-refractivity contribution is 0.142. The molecule has 0 aliphatic carbocycles. The first kappa shape index (κ1) is 13.6. The number of carbonyl (C=O) groups is 2. The number of rotatable bonds is 2. The Hall–Kier alpha value is -2.35. The van der Waals surface area contributed by atoms with Crippen molar-refractivity contribution in [1.82, 2.24) is 0 Å². The average Bonchev–Trinajstić information content (AvgIpc) is 2.83. The predicted octanol–water partition coefficient (Wildman–Crippen LogP) is 1.20. The third-order valence-corrected chi connectivity index (χ3v) is 3.54. The Morgan fingerprint density at radius 3 is 2.81 bits per heavy atom. The van der Waals surface area contributed by atoms with Gasteiger partial charge >= 0.3 is 12.2 Å². The highest BCUT2D eigenvalue weighted by molar-refractivity contribution is 5.93. The van der Waals surface area contributed by atoms with Crippen molar-refractivity contribution in [2.45, 2.75) is 12.7 Å². The van der Waals surface area contributed by atoms with E-state index in [0.717, 1.165) is 4.90 Å². The Morgan fingerprint density at radius 1 is 1.38 bits per heavy atom. The number of halogens is 1. The maximum Gasteiger partial charge on any atom is 0.414 e. The lowest BCUT2D eigenvalue weighted by atomic mass is 10.1. The van der Waals surface area contributed by atoms with Crippen LogP contribution in [-0.2, 0) is 16.1 Å². The van der Waals surface area contributed by atoms with Crippen molar-refractivity contribution >= 4 is 23.6 Å². The molecule has 0 saturated carbocycles. The number of cyclic esters (lactones) is 2. The second-order valence-corrected chi connectivity index (χ2v) is 4.90. The lowest BCUT2D eigenvalue weighted by Gasteiger charge is -2.27. The van der Waals surface area contributed by atoms with Crippen molar-refractivity contribution < 1.29 is 23.5 Å². The largest absolute Gasteiger partial charge is 0.444 e. The summed E-state index contributed by atoms with van der Waals surface area (Å²) in [6.07, 6.45) is -1.58. The number of hydrogen-bond acceptors (Lipinski definition) is 5. The number of amides is 2. The first-order chi connectivity index (χ1) is 10.0. The zero-order valence-electron chi connectivity index (χ0n) is 11.3. The summed E-state index contributed by atoms with van der Waals surface area (Å²) in [6, 6.07) is 2.82. The molecule has 8 heteroatoms. The Labute approximate surface area is 120 Å². The van der Waals surface area contributed by atoms with Crippen LogP contribution in [-0.4, -0.2) is 38.4 Å². The van der Waals surface area contributed by atoms with Gasteiger partial charge in [-0.1, -0.05) is 0 Å². The summed E-state index contributed by atoms with van der Waals surface area (Å²) in [4.78, 5) is 25.6. The van der Waals surface area contributed by atoms with Crippen LogP contribution in [0.25, 0.3) is 0 Å². The molecule has 0 radical (unpaired) electrons. The first-order valence-electron chi connectivity index (χ1n) is 6.42. The minimum absolute atomic E-state index is 0.0352. The number of fused-ring (bicyclic) bond motifs is 1. The van der Waals surface area contributed by atoms with Crippen molar-refractivity contribution in [3.05, 3.63) is 23.5 Å². The summed E-state index contributed by atoms with van der Waals surface area (Å²) >= 11 is 0. The quantitative estimate of drug-likeness (QED) is 0.886. The van der Waals surface area contributed by atoms with E-state index in [2.05, 4.69) is 0 Å². The van der Waals surface area contributed by atoms with Crippen molar-refractivity contribution in [2.24, 2.45) is 5.73 Å². The fourth-order valence-corrected chi connectivity index (χ4v) is 2.46. The van der Waals surface area contributed by atoms with E-state index in [-0.39, 0.29) is 25.4 Å². The van der Waals surface area contributed by atoms with E-state index in [4.69, 9.17) is 15.2 Å². The van der Waals surface area contributed by atoms with Gasteiger partial charge in [0.05, 0.1) is 17.9 Å². The molecule has 0 aromatic heterocycles. The molecule has 0 spiro atoms. The molecular formula is C13H14FN3O4. The van der Waals surface area contributed by atoms with Crippen LogP contribution >= 0.6 is 0 Å². The zero-order valence-corrected chi connectivity index (χ0v) is 11.3. The molecule has 2 amide bonds. The van der Waals surface area contributed by atoms with Crippen LogP contribution in [0.2, 0.25) is 0 Å². The number of ether oxygens (including phenoxy) is 2. The van der Waals surface area contributed by atoms with Crippen molar-refractivity contribution in [3.63, 3.8) is 0 Å². The van der Waals surface area contributed by atoms with Gasteiger partial charge in [0, 0.05) is 19.2 Å². The molecule has 1 saturated heterocycles. The van der Waals surface area contributed by atoms with Gasteiger partial charge in [-0.3, -0.25) is 9.80 Å². The summed E-state index contributed by atoms with van der Waals surface area (Å²) in [6.45, 7) is 0.436. The molecule has 3 rings (SSSR count). The SMILES string of the molecule is CN1C(=O)OCc2cc(N3C[C@H](CN)OC3=O)cc(F)c21. The number of nitrogens with two attached hydrogens (primary N) is 1. The third kappa shape index (κ3) is 2.17. The molecule has 1 aromatic carbocycles. The minimum Gasteiger partial charge on any atom is -0.444 e. The summed E-state index contributed by atoms with van der Waals surface area (Å²) in [5.41, 5.74) is 6.49. The van der Waals surface area contributed by atoms with Gasteiger partial charge in [-0.25, -0.2) is 14.0 Å². The molecule has 0 unspecified atom stereocenters. The highest BCUT2D eigenvalue weighted by atomic mass is 19.1. The van der Waals surface area contributed by atoms with Crippen LogP contribution in [0.1, 0.15) is 5.56 Å². The highest BCUT2D eigenvalue weighted by Crippen LogP contribution is 2.34. The molecule has 2 aliphatic heterocycles. The van der Waals surface area contributed by atoms with Gasteiger partial charge in [0.15, 0.2) is 0 Å².